The molecule has 0 aliphatic carbocycles. The molecule has 6 heteroatoms. The van der Waals surface area contributed by atoms with E-state index in [2.05, 4.69) is 15.5 Å². The maximum atomic E-state index is 12.0. The quantitative estimate of drug-likeness (QED) is 0.424. The van der Waals surface area contributed by atoms with Crippen LogP contribution in [0, 0.1) is 0 Å². The fourth-order valence-electron chi connectivity index (χ4n) is 2.71. The van der Waals surface area contributed by atoms with E-state index in [0.717, 1.165) is 22.5 Å². The Morgan fingerprint density at radius 2 is 1.74 bits per heavy atom. The van der Waals surface area contributed by atoms with Crippen LogP contribution in [0.1, 0.15) is 16.1 Å². The first-order valence-corrected chi connectivity index (χ1v) is 8.48. The second-order valence-electron chi connectivity index (χ2n) is 5.86. The first-order chi connectivity index (χ1) is 13.3. The molecule has 4 rings (SSSR count). The third-order valence-corrected chi connectivity index (χ3v) is 4.02. The van der Waals surface area contributed by atoms with Crippen molar-refractivity contribution in [3.63, 3.8) is 0 Å². The largest absolute Gasteiger partial charge is 0.357 e. The number of nitrogens with one attached hydrogen (secondary N) is 2. The van der Waals surface area contributed by atoms with Gasteiger partial charge in [-0.05, 0) is 24.3 Å². The summed E-state index contributed by atoms with van der Waals surface area (Å²) in [6.07, 6.45) is 5.19. The molecule has 0 aliphatic heterocycles. The van der Waals surface area contributed by atoms with Crippen molar-refractivity contribution in [2.45, 2.75) is 0 Å². The normalized spacial score (nSPS) is 11.0. The number of hydrogen-bond donors (Lipinski definition) is 2. The van der Waals surface area contributed by atoms with Gasteiger partial charge in [-0.3, -0.25) is 4.79 Å². The number of carbonyl (C=O) groups excluding carboxylic acids is 1. The lowest BCUT2D eigenvalue weighted by molar-refractivity contribution is 0.0951. The summed E-state index contributed by atoms with van der Waals surface area (Å²) in [5, 5.41) is 8.80. The molecule has 2 N–H and O–H groups in total. The Morgan fingerprint density at radius 3 is 2.44 bits per heavy atom. The Labute approximate surface area is 156 Å². The van der Waals surface area contributed by atoms with Crippen LogP contribution in [-0.2, 0) is 0 Å². The summed E-state index contributed by atoms with van der Waals surface area (Å²) in [5.41, 5.74) is 6.49. The lowest BCUT2D eigenvalue weighted by Crippen LogP contribution is -2.17. The number of carbonyl (C=O) groups is 1. The second kappa shape index (κ2) is 7.53. The van der Waals surface area contributed by atoms with Crippen LogP contribution in [0.5, 0.6) is 0 Å². The molecule has 0 aliphatic rings. The molecular formula is C21H17N5O. The van der Waals surface area contributed by atoms with Gasteiger partial charge in [0.05, 0.1) is 11.9 Å². The fourth-order valence-corrected chi connectivity index (χ4v) is 2.71. The van der Waals surface area contributed by atoms with E-state index in [-0.39, 0.29) is 5.91 Å². The van der Waals surface area contributed by atoms with Crippen molar-refractivity contribution in [2.75, 3.05) is 0 Å². The highest BCUT2D eigenvalue weighted by Gasteiger charge is 2.11. The molecule has 6 nitrogen and oxygen atoms in total. The number of benzene rings is 2. The van der Waals surface area contributed by atoms with Crippen molar-refractivity contribution >= 4 is 12.1 Å². The Kier molecular flexibility index (Phi) is 4.61. The zero-order valence-corrected chi connectivity index (χ0v) is 14.4. The van der Waals surface area contributed by atoms with Crippen LogP contribution in [0.25, 0.3) is 16.9 Å². The van der Waals surface area contributed by atoms with Crippen LogP contribution in [0.4, 0.5) is 0 Å². The molecule has 0 unspecified atom stereocenters. The zero-order valence-electron chi connectivity index (χ0n) is 14.4. The average molecular weight is 355 g/mol. The summed E-state index contributed by atoms with van der Waals surface area (Å²) in [5.74, 6) is -0.298. The van der Waals surface area contributed by atoms with Crippen molar-refractivity contribution in [3.05, 3.63) is 96.4 Å². The van der Waals surface area contributed by atoms with Gasteiger partial charge in [-0.15, -0.1) is 0 Å². The van der Waals surface area contributed by atoms with Crippen LogP contribution in [0.3, 0.4) is 0 Å². The Hall–Kier alpha value is -3.93. The highest BCUT2D eigenvalue weighted by atomic mass is 16.2. The first-order valence-electron chi connectivity index (χ1n) is 8.48. The van der Waals surface area contributed by atoms with Crippen LogP contribution in [-0.4, -0.2) is 26.9 Å². The topological polar surface area (TPSA) is 75.1 Å². The first kappa shape index (κ1) is 16.5. The number of nitrogens with zero attached hydrogens (tertiary/aromatic N) is 3. The monoisotopic (exact) mass is 355 g/mol. The van der Waals surface area contributed by atoms with Gasteiger partial charge in [-0.2, -0.15) is 10.2 Å². The van der Waals surface area contributed by atoms with Crippen molar-refractivity contribution in [1.29, 1.82) is 0 Å². The van der Waals surface area contributed by atoms with Crippen molar-refractivity contribution in [1.82, 2.24) is 20.2 Å². The summed E-state index contributed by atoms with van der Waals surface area (Å²) in [4.78, 5) is 14.8. The molecule has 132 valence electrons. The minimum absolute atomic E-state index is 0.298. The van der Waals surface area contributed by atoms with Crippen molar-refractivity contribution < 1.29 is 4.79 Å². The summed E-state index contributed by atoms with van der Waals surface area (Å²) in [6.45, 7) is 0. The van der Waals surface area contributed by atoms with Gasteiger partial charge in [0.15, 0.2) is 0 Å². The highest BCUT2D eigenvalue weighted by molar-refractivity contribution is 5.94. The van der Waals surface area contributed by atoms with Gasteiger partial charge in [0, 0.05) is 23.5 Å². The molecule has 0 saturated heterocycles. The van der Waals surface area contributed by atoms with Crippen LogP contribution >= 0.6 is 0 Å². The van der Waals surface area contributed by atoms with Crippen LogP contribution in [0.2, 0.25) is 0 Å². The molecule has 0 fully saturated rings. The van der Waals surface area contributed by atoms with Gasteiger partial charge >= 0.3 is 0 Å². The van der Waals surface area contributed by atoms with Gasteiger partial charge in [-0.1, -0.05) is 48.5 Å². The molecule has 2 heterocycles. The average Bonchev–Trinajstić information content (AvgIpc) is 3.40. The molecule has 4 aromatic rings. The number of rotatable bonds is 5. The SMILES string of the molecule is O=C(N/N=C\c1cn(-c2ccccc2)nc1-c1ccccc1)c1ccc[nH]1. The van der Waals surface area contributed by atoms with Crippen molar-refractivity contribution in [2.24, 2.45) is 5.10 Å². The molecular weight excluding hydrogens is 338 g/mol. The summed E-state index contributed by atoms with van der Waals surface area (Å²) < 4.78 is 1.80. The van der Waals surface area contributed by atoms with E-state index in [0.29, 0.717) is 5.69 Å². The number of H-pyrrole nitrogens is 1. The lowest BCUT2D eigenvalue weighted by Gasteiger charge is -2.00. The molecule has 0 radical (unpaired) electrons. The summed E-state index contributed by atoms with van der Waals surface area (Å²) >= 11 is 0. The summed E-state index contributed by atoms with van der Waals surface area (Å²) in [7, 11) is 0. The second-order valence-corrected chi connectivity index (χ2v) is 5.86. The Balaban J connectivity index is 1.65. The van der Waals surface area contributed by atoms with Crippen LogP contribution in [0.15, 0.2) is 90.3 Å². The summed E-state index contributed by atoms with van der Waals surface area (Å²) in [6, 6.07) is 23.2. The third kappa shape index (κ3) is 3.69. The van der Waals surface area contributed by atoms with Gasteiger partial charge in [0.25, 0.3) is 5.91 Å². The number of aromatic nitrogens is 3. The molecule has 2 aromatic heterocycles. The van der Waals surface area contributed by atoms with E-state index in [4.69, 9.17) is 5.10 Å². The molecule has 0 atom stereocenters. The number of hydrogen-bond acceptors (Lipinski definition) is 3. The van der Waals surface area contributed by atoms with E-state index < -0.39 is 0 Å². The van der Waals surface area contributed by atoms with E-state index >= 15 is 0 Å². The minimum Gasteiger partial charge on any atom is -0.357 e. The molecule has 0 bridgehead atoms. The van der Waals surface area contributed by atoms with E-state index in [1.165, 1.54) is 0 Å². The van der Waals surface area contributed by atoms with Crippen LogP contribution < -0.4 is 5.43 Å². The number of amides is 1. The maximum absolute atomic E-state index is 12.0. The Morgan fingerprint density at radius 1 is 1.00 bits per heavy atom. The van der Waals surface area contributed by atoms with Gasteiger partial charge in [-0.25, -0.2) is 10.1 Å². The highest BCUT2D eigenvalue weighted by Crippen LogP contribution is 2.22. The molecule has 27 heavy (non-hydrogen) atoms. The standard InChI is InChI=1S/C21H17N5O/c27-21(19-12-7-13-22-19)24-23-14-17-15-26(18-10-5-2-6-11-18)25-20(17)16-8-3-1-4-9-16/h1-15,22H,(H,24,27)/b23-14-. The van der Waals surface area contributed by atoms with Gasteiger partial charge in [0.1, 0.15) is 11.4 Å². The molecule has 0 spiro atoms. The smallest absolute Gasteiger partial charge is 0.287 e. The zero-order chi connectivity index (χ0) is 18.5. The third-order valence-electron chi connectivity index (χ3n) is 4.02. The maximum Gasteiger partial charge on any atom is 0.287 e. The predicted octanol–water partition coefficient (Wildman–Crippen LogP) is 3.63. The Bertz CT molecular complexity index is 1050. The van der Waals surface area contributed by atoms with Gasteiger partial charge < -0.3 is 4.98 Å². The lowest BCUT2D eigenvalue weighted by atomic mass is 10.1. The minimum atomic E-state index is -0.298. The number of hydrazone groups is 1. The number of aromatic amines is 1. The fraction of sp³-hybridized carbons (Fsp3) is 0. The molecule has 1 amide bonds. The van der Waals surface area contributed by atoms with E-state index in [9.17, 15) is 4.79 Å². The van der Waals surface area contributed by atoms with E-state index in [1.807, 2.05) is 66.9 Å². The van der Waals surface area contributed by atoms with E-state index in [1.54, 1.807) is 29.2 Å². The van der Waals surface area contributed by atoms with Crippen molar-refractivity contribution in [3.8, 4) is 16.9 Å². The number of para-hydroxylation sites is 1. The molecule has 2 aromatic carbocycles. The van der Waals surface area contributed by atoms with Gasteiger partial charge in [0.2, 0.25) is 0 Å². The predicted molar refractivity (Wildman–Crippen MR) is 105 cm³/mol. The molecule has 0 saturated carbocycles.